The lowest BCUT2D eigenvalue weighted by atomic mass is 10.1. The molecule has 0 fully saturated rings. The van der Waals surface area contributed by atoms with Crippen molar-refractivity contribution in [2.45, 2.75) is 6.30 Å². The standard InChI is InChI=1S/C14H6ClF4N3O3/c15-9-2-1-3-10(16)11(9)12-8(6-24-21-12)13(23)25-7-4-20-22(5-7)14(17,18)19/h1-6H. The van der Waals surface area contributed by atoms with E-state index in [0.717, 1.165) is 12.3 Å². The summed E-state index contributed by atoms with van der Waals surface area (Å²) in [6.45, 7) is 0. The Balaban J connectivity index is 1.90. The van der Waals surface area contributed by atoms with Crippen molar-refractivity contribution >= 4 is 17.6 Å². The molecule has 0 spiro atoms. The first-order chi connectivity index (χ1) is 11.8. The van der Waals surface area contributed by atoms with Crippen molar-refractivity contribution in [1.29, 1.82) is 0 Å². The first kappa shape index (κ1) is 17.0. The largest absolute Gasteiger partial charge is 0.504 e. The smallest absolute Gasteiger partial charge is 0.419 e. The Morgan fingerprint density at radius 1 is 1.32 bits per heavy atom. The normalized spacial score (nSPS) is 11.6. The zero-order chi connectivity index (χ0) is 18.2. The highest BCUT2D eigenvalue weighted by atomic mass is 35.5. The molecule has 0 saturated carbocycles. The summed E-state index contributed by atoms with van der Waals surface area (Å²) in [5, 5.41) is 6.50. The molecule has 0 saturated heterocycles. The number of hydrogen-bond acceptors (Lipinski definition) is 5. The lowest BCUT2D eigenvalue weighted by Gasteiger charge is -2.05. The SMILES string of the molecule is O=C(Oc1cnn(C(F)(F)F)c1)c1conc1-c1c(F)cccc1Cl. The Hall–Kier alpha value is -2.88. The molecule has 0 radical (unpaired) electrons. The van der Waals surface area contributed by atoms with Crippen molar-refractivity contribution < 1.29 is 31.6 Å². The second kappa shape index (κ2) is 6.20. The van der Waals surface area contributed by atoms with E-state index in [-0.39, 0.29) is 26.5 Å². The third-order valence-corrected chi connectivity index (χ3v) is 3.33. The van der Waals surface area contributed by atoms with Crippen LogP contribution in [0.3, 0.4) is 0 Å². The van der Waals surface area contributed by atoms with E-state index < -0.39 is 23.8 Å². The van der Waals surface area contributed by atoms with Crippen molar-refractivity contribution in [2.24, 2.45) is 0 Å². The van der Waals surface area contributed by atoms with Crippen molar-refractivity contribution in [2.75, 3.05) is 0 Å². The van der Waals surface area contributed by atoms with E-state index in [4.69, 9.17) is 16.3 Å². The van der Waals surface area contributed by atoms with Crippen LogP contribution in [-0.2, 0) is 6.30 Å². The van der Waals surface area contributed by atoms with Crippen molar-refractivity contribution in [3.05, 3.63) is 53.3 Å². The molecule has 130 valence electrons. The lowest BCUT2D eigenvalue weighted by Crippen LogP contribution is -2.16. The van der Waals surface area contributed by atoms with E-state index in [9.17, 15) is 22.4 Å². The molecule has 11 heteroatoms. The summed E-state index contributed by atoms with van der Waals surface area (Å²) in [5.74, 6) is -2.34. The maximum atomic E-state index is 14.0. The van der Waals surface area contributed by atoms with Gasteiger partial charge in [0.15, 0.2) is 5.75 Å². The minimum Gasteiger partial charge on any atom is -0.419 e. The summed E-state index contributed by atoms with van der Waals surface area (Å²) < 4.78 is 60.5. The molecular weight excluding hydrogens is 370 g/mol. The van der Waals surface area contributed by atoms with Gasteiger partial charge in [-0.15, -0.1) is 13.2 Å². The fourth-order valence-electron chi connectivity index (χ4n) is 1.95. The number of carbonyl (C=O) groups is 1. The lowest BCUT2D eigenvalue weighted by molar-refractivity contribution is -0.212. The molecule has 0 aliphatic rings. The third kappa shape index (κ3) is 3.33. The van der Waals surface area contributed by atoms with Gasteiger partial charge in [0.1, 0.15) is 23.3 Å². The highest BCUT2D eigenvalue weighted by Gasteiger charge is 2.32. The Kier molecular flexibility index (Phi) is 4.21. The molecule has 3 rings (SSSR count). The summed E-state index contributed by atoms with van der Waals surface area (Å²) in [5.41, 5.74) is -0.751. The van der Waals surface area contributed by atoms with Gasteiger partial charge in [-0.25, -0.2) is 9.18 Å². The molecule has 0 atom stereocenters. The van der Waals surface area contributed by atoms with Crippen molar-refractivity contribution in [3.63, 3.8) is 0 Å². The molecule has 6 nitrogen and oxygen atoms in total. The van der Waals surface area contributed by atoms with Gasteiger partial charge in [0, 0.05) is 0 Å². The Bertz CT molecular complexity index is 915. The number of nitrogens with zero attached hydrogens (tertiary/aromatic N) is 3. The fourth-order valence-corrected chi connectivity index (χ4v) is 2.20. The second-order valence-corrected chi connectivity index (χ2v) is 5.06. The molecule has 1 aromatic carbocycles. The van der Waals surface area contributed by atoms with Crippen LogP contribution in [0.5, 0.6) is 5.75 Å². The molecule has 0 N–H and O–H groups in total. The van der Waals surface area contributed by atoms with Crippen LogP contribution in [0, 0.1) is 5.82 Å². The molecule has 3 aromatic rings. The minimum atomic E-state index is -4.76. The maximum Gasteiger partial charge on any atom is 0.504 e. The zero-order valence-electron chi connectivity index (χ0n) is 11.9. The summed E-state index contributed by atoms with van der Waals surface area (Å²) in [4.78, 5) is 12.1. The van der Waals surface area contributed by atoms with E-state index >= 15 is 0 Å². The molecule has 0 aliphatic carbocycles. The molecule has 0 aliphatic heterocycles. The van der Waals surface area contributed by atoms with Crippen LogP contribution >= 0.6 is 11.6 Å². The summed E-state index contributed by atoms with van der Waals surface area (Å²) in [6, 6.07) is 3.82. The predicted molar refractivity (Wildman–Crippen MR) is 75.4 cm³/mol. The van der Waals surface area contributed by atoms with Crippen LogP contribution in [0.2, 0.25) is 5.02 Å². The molecule has 2 heterocycles. The van der Waals surface area contributed by atoms with Crippen LogP contribution in [-0.4, -0.2) is 20.9 Å². The average Bonchev–Trinajstić information content (AvgIpc) is 3.15. The first-order valence-electron chi connectivity index (χ1n) is 6.50. The van der Waals surface area contributed by atoms with Gasteiger partial charge in [-0.1, -0.05) is 22.8 Å². The van der Waals surface area contributed by atoms with Gasteiger partial charge in [-0.3, -0.25) is 0 Å². The summed E-state index contributed by atoms with van der Waals surface area (Å²) in [7, 11) is 0. The molecule has 0 bridgehead atoms. The van der Waals surface area contributed by atoms with Gasteiger partial charge in [0.25, 0.3) is 0 Å². The number of esters is 1. The van der Waals surface area contributed by atoms with Gasteiger partial charge in [0.2, 0.25) is 0 Å². The third-order valence-electron chi connectivity index (χ3n) is 3.02. The van der Waals surface area contributed by atoms with E-state index in [1.165, 1.54) is 12.1 Å². The Labute approximate surface area is 141 Å². The number of hydrogen-bond donors (Lipinski definition) is 0. The van der Waals surface area contributed by atoms with E-state index in [1.54, 1.807) is 0 Å². The zero-order valence-corrected chi connectivity index (χ0v) is 12.7. The number of ether oxygens (including phenoxy) is 1. The van der Waals surface area contributed by atoms with Crippen LogP contribution in [0.15, 0.2) is 41.4 Å². The maximum absolute atomic E-state index is 14.0. The van der Waals surface area contributed by atoms with Crippen molar-refractivity contribution in [1.82, 2.24) is 14.9 Å². The Morgan fingerprint density at radius 3 is 2.72 bits per heavy atom. The number of carbonyl (C=O) groups excluding carboxylic acids is 1. The molecule has 2 aromatic heterocycles. The van der Waals surface area contributed by atoms with E-state index in [1.807, 2.05) is 0 Å². The first-order valence-corrected chi connectivity index (χ1v) is 6.88. The number of benzene rings is 1. The van der Waals surface area contributed by atoms with Gasteiger partial charge in [-0.2, -0.15) is 9.78 Å². The number of aromatic nitrogens is 3. The van der Waals surface area contributed by atoms with E-state index in [2.05, 4.69) is 14.8 Å². The monoisotopic (exact) mass is 375 g/mol. The van der Waals surface area contributed by atoms with Gasteiger partial charge >= 0.3 is 12.3 Å². The van der Waals surface area contributed by atoms with Crippen molar-refractivity contribution in [3.8, 4) is 17.0 Å². The van der Waals surface area contributed by atoms with Crippen LogP contribution in [0.25, 0.3) is 11.3 Å². The van der Waals surface area contributed by atoms with Gasteiger partial charge in [0.05, 0.1) is 23.0 Å². The number of alkyl halides is 3. The molecule has 0 unspecified atom stereocenters. The fraction of sp³-hybridized carbons (Fsp3) is 0.0714. The predicted octanol–water partition coefficient (Wildman–Crippen LogP) is 4.03. The summed E-state index contributed by atoms with van der Waals surface area (Å²) >= 11 is 5.90. The van der Waals surface area contributed by atoms with Crippen LogP contribution in [0.1, 0.15) is 10.4 Å². The van der Waals surface area contributed by atoms with Gasteiger partial charge < -0.3 is 9.26 Å². The Morgan fingerprint density at radius 2 is 2.08 bits per heavy atom. The quantitative estimate of drug-likeness (QED) is 0.510. The molecule has 25 heavy (non-hydrogen) atoms. The molecular formula is C14H6ClF4N3O3. The minimum absolute atomic E-state index is 0.0344. The molecule has 0 amide bonds. The van der Waals surface area contributed by atoms with Crippen LogP contribution in [0.4, 0.5) is 17.6 Å². The topological polar surface area (TPSA) is 70.2 Å². The summed E-state index contributed by atoms with van der Waals surface area (Å²) in [6.07, 6.45) is -2.71. The average molecular weight is 376 g/mol. The van der Waals surface area contributed by atoms with Crippen LogP contribution < -0.4 is 4.74 Å². The van der Waals surface area contributed by atoms with Gasteiger partial charge in [-0.05, 0) is 12.1 Å². The number of halogens is 5. The highest BCUT2D eigenvalue weighted by molar-refractivity contribution is 6.33. The number of rotatable bonds is 3. The second-order valence-electron chi connectivity index (χ2n) is 4.65. The highest BCUT2D eigenvalue weighted by Crippen LogP contribution is 2.32. The van der Waals surface area contributed by atoms with E-state index in [0.29, 0.717) is 12.4 Å².